The Morgan fingerprint density at radius 1 is 1.44 bits per heavy atom. The van der Waals surface area contributed by atoms with Crippen LogP contribution in [0.3, 0.4) is 0 Å². The van der Waals surface area contributed by atoms with Gasteiger partial charge in [-0.3, -0.25) is 9.59 Å². The van der Waals surface area contributed by atoms with Crippen molar-refractivity contribution in [1.29, 1.82) is 0 Å². The lowest BCUT2D eigenvalue weighted by molar-refractivity contribution is -0.150. The van der Waals surface area contributed by atoms with E-state index in [4.69, 9.17) is 20.9 Å². The molecular weight excluding hydrogens is 346 g/mol. The molecule has 2 aromatic rings. The van der Waals surface area contributed by atoms with Gasteiger partial charge in [0.05, 0.1) is 16.5 Å². The second-order valence-corrected chi connectivity index (χ2v) is 6.55. The number of halogens is 1. The molecule has 0 saturated carbocycles. The molecule has 7 nitrogen and oxygen atoms in total. The first kappa shape index (κ1) is 17.4. The van der Waals surface area contributed by atoms with Crippen LogP contribution >= 0.6 is 11.6 Å². The monoisotopic (exact) mass is 363 g/mol. The smallest absolute Gasteiger partial charge is 0.311 e. The molecule has 1 aliphatic heterocycles. The number of likely N-dealkylation sites (tertiary alicyclic amines) is 1. The fourth-order valence-electron chi connectivity index (χ4n) is 2.70. The predicted octanol–water partition coefficient (Wildman–Crippen LogP) is 2.69. The summed E-state index contributed by atoms with van der Waals surface area (Å²) in [5.41, 5.74) is 0.614. The lowest BCUT2D eigenvalue weighted by Gasteiger charge is -2.20. The summed E-state index contributed by atoms with van der Waals surface area (Å²) < 4.78 is 10.4. The van der Waals surface area contributed by atoms with Gasteiger partial charge in [-0.2, -0.15) is 4.98 Å². The van der Waals surface area contributed by atoms with Crippen molar-refractivity contribution in [1.82, 2.24) is 15.0 Å². The number of carbonyl (C=O) groups excluding carboxylic acids is 2. The first-order valence-corrected chi connectivity index (χ1v) is 8.37. The van der Waals surface area contributed by atoms with Gasteiger partial charge in [-0.25, -0.2) is 0 Å². The Morgan fingerprint density at radius 3 is 2.88 bits per heavy atom. The van der Waals surface area contributed by atoms with E-state index in [1.165, 1.54) is 0 Å². The van der Waals surface area contributed by atoms with E-state index >= 15 is 0 Å². The van der Waals surface area contributed by atoms with Crippen LogP contribution < -0.4 is 0 Å². The lowest BCUT2D eigenvalue weighted by Crippen LogP contribution is -2.33. The molecule has 1 aromatic heterocycles. The highest BCUT2D eigenvalue weighted by atomic mass is 35.5. The molecule has 0 N–H and O–H groups in total. The molecule has 0 bridgehead atoms. The first-order chi connectivity index (χ1) is 12.0. The van der Waals surface area contributed by atoms with Crippen LogP contribution in [-0.2, 0) is 20.9 Å². The van der Waals surface area contributed by atoms with Crippen LogP contribution in [0.4, 0.5) is 0 Å². The van der Waals surface area contributed by atoms with E-state index in [9.17, 15) is 9.59 Å². The second kappa shape index (κ2) is 7.23. The largest absolute Gasteiger partial charge is 0.457 e. The molecule has 132 valence electrons. The standard InChI is InChI=1S/C17H18ClN3O4/c1-10(2)21-8-11(7-15(21)22)17(23)24-9-14-19-16(25-20-14)12-5-3-4-6-13(12)18/h3-6,10-11H,7-9H2,1-2H3. The number of nitrogens with zero attached hydrogens (tertiary/aromatic N) is 3. The summed E-state index contributed by atoms with van der Waals surface area (Å²) in [6, 6.07) is 7.16. The summed E-state index contributed by atoms with van der Waals surface area (Å²) in [4.78, 5) is 29.9. The molecule has 1 unspecified atom stereocenters. The molecule has 1 saturated heterocycles. The topological polar surface area (TPSA) is 85.5 Å². The van der Waals surface area contributed by atoms with Crippen LogP contribution in [0, 0.1) is 5.92 Å². The Balaban J connectivity index is 1.59. The van der Waals surface area contributed by atoms with Gasteiger partial charge in [0.2, 0.25) is 11.7 Å². The third-order valence-corrected chi connectivity index (χ3v) is 4.36. The van der Waals surface area contributed by atoms with Gasteiger partial charge in [0.15, 0.2) is 6.61 Å². The van der Waals surface area contributed by atoms with Crippen LogP contribution in [0.25, 0.3) is 11.5 Å². The molecule has 3 rings (SSSR count). The van der Waals surface area contributed by atoms with Gasteiger partial charge in [-0.1, -0.05) is 28.9 Å². The van der Waals surface area contributed by atoms with Gasteiger partial charge in [-0.15, -0.1) is 0 Å². The summed E-state index contributed by atoms with van der Waals surface area (Å²) in [6.07, 6.45) is 0.175. The van der Waals surface area contributed by atoms with Crippen molar-refractivity contribution in [2.75, 3.05) is 6.54 Å². The number of amides is 1. The Bertz CT molecular complexity index is 790. The highest BCUT2D eigenvalue weighted by Gasteiger charge is 2.36. The number of rotatable bonds is 5. The molecule has 1 aromatic carbocycles. The van der Waals surface area contributed by atoms with Gasteiger partial charge < -0.3 is 14.2 Å². The minimum atomic E-state index is -0.454. The van der Waals surface area contributed by atoms with E-state index in [0.717, 1.165) is 0 Å². The van der Waals surface area contributed by atoms with Crippen LogP contribution in [0.1, 0.15) is 26.1 Å². The fourth-order valence-corrected chi connectivity index (χ4v) is 2.92. The average Bonchev–Trinajstić information content (AvgIpc) is 3.20. The maximum absolute atomic E-state index is 12.2. The van der Waals surface area contributed by atoms with E-state index in [1.54, 1.807) is 23.1 Å². The van der Waals surface area contributed by atoms with Crippen molar-refractivity contribution in [3.63, 3.8) is 0 Å². The molecule has 8 heteroatoms. The van der Waals surface area contributed by atoms with Crippen molar-refractivity contribution in [3.8, 4) is 11.5 Å². The fraction of sp³-hybridized carbons (Fsp3) is 0.412. The molecule has 1 atom stereocenters. The maximum atomic E-state index is 12.2. The van der Waals surface area contributed by atoms with E-state index in [1.807, 2.05) is 19.9 Å². The van der Waals surface area contributed by atoms with Gasteiger partial charge >= 0.3 is 5.97 Å². The third-order valence-electron chi connectivity index (χ3n) is 4.03. The molecule has 1 amide bonds. The zero-order chi connectivity index (χ0) is 18.0. The highest BCUT2D eigenvalue weighted by molar-refractivity contribution is 6.33. The number of aromatic nitrogens is 2. The average molecular weight is 364 g/mol. The molecule has 0 spiro atoms. The van der Waals surface area contributed by atoms with Gasteiger partial charge in [0.25, 0.3) is 5.89 Å². The normalized spacial score (nSPS) is 17.4. The van der Waals surface area contributed by atoms with E-state index in [-0.39, 0.29) is 36.7 Å². The Kier molecular flexibility index (Phi) is 5.03. The number of ether oxygens (including phenoxy) is 1. The third kappa shape index (κ3) is 3.82. The summed E-state index contributed by atoms with van der Waals surface area (Å²) in [5.74, 6) is -0.407. The van der Waals surface area contributed by atoms with Crippen LogP contribution in [0.5, 0.6) is 0 Å². The Hall–Kier alpha value is -2.41. The van der Waals surface area contributed by atoms with E-state index in [0.29, 0.717) is 17.1 Å². The Labute approximate surface area is 149 Å². The van der Waals surface area contributed by atoms with Crippen molar-refractivity contribution < 1.29 is 18.8 Å². The zero-order valence-electron chi connectivity index (χ0n) is 13.9. The predicted molar refractivity (Wildman–Crippen MR) is 89.5 cm³/mol. The molecule has 1 fully saturated rings. The van der Waals surface area contributed by atoms with Crippen molar-refractivity contribution >= 4 is 23.5 Å². The van der Waals surface area contributed by atoms with Crippen LogP contribution in [-0.4, -0.2) is 39.5 Å². The first-order valence-electron chi connectivity index (χ1n) is 7.99. The minimum absolute atomic E-state index is 0.0301. The number of hydrogen-bond acceptors (Lipinski definition) is 6. The van der Waals surface area contributed by atoms with Crippen molar-refractivity contribution in [2.24, 2.45) is 5.92 Å². The highest BCUT2D eigenvalue weighted by Crippen LogP contribution is 2.26. The second-order valence-electron chi connectivity index (χ2n) is 6.14. The molecular formula is C17H18ClN3O4. The Morgan fingerprint density at radius 2 is 2.20 bits per heavy atom. The SMILES string of the molecule is CC(C)N1CC(C(=O)OCc2noc(-c3ccccc3Cl)n2)CC1=O. The van der Waals surface area contributed by atoms with Crippen LogP contribution in [0.2, 0.25) is 5.02 Å². The van der Waals surface area contributed by atoms with Crippen molar-refractivity contribution in [3.05, 3.63) is 35.1 Å². The summed E-state index contributed by atoms with van der Waals surface area (Å²) in [6.45, 7) is 4.11. The summed E-state index contributed by atoms with van der Waals surface area (Å²) in [5, 5.41) is 4.28. The quantitative estimate of drug-likeness (QED) is 0.759. The van der Waals surface area contributed by atoms with E-state index in [2.05, 4.69) is 10.1 Å². The minimum Gasteiger partial charge on any atom is -0.457 e. The van der Waals surface area contributed by atoms with Gasteiger partial charge in [0, 0.05) is 19.0 Å². The maximum Gasteiger partial charge on any atom is 0.311 e. The van der Waals surface area contributed by atoms with Gasteiger partial charge in [-0.05, 0) is 26.0 Å². The zero-order valence-corrected chi connectivity index (χ0v) is 14.7. The van der Waals surface area contributed by atoms with Crippen molar-refractivity contribution in [2.45, 2.75) is 32.9 Å². The molecule has 0 radical (unpaired) electrons. The lowest BCUT2D eigenvalue weighted by atomic mass is 10.1. The molecule has 1 aliphatic rings. The number of carbonyl (C=O) groups is 2. The number of esters is 1. The molecule has 2 heterocycles. The van der Waals surface area contributed by atoms with Crippen LogP contribution in [0.15, 0.2) is 28.8 Å². The molecule has 0 aliphatic carbocycles. The number of benzene rings is 1. The summed E-state index contributed by atoms with van der Waals surface area (Å²) >= 11 is 6.08. The number of hydrogen-bond donors (Lipinski definition) is 0. The van der Waals surface area contributed by atoms with E-state index < -0.39 is 11.9 Å². The summed E-state index contributed by atoms with van der Waals surface area (Å²) in [7, 11) is 0. The van der Waals surface area contributed by atoms with Gasteiger partial charge in [0.1, 0.15) is 0 Å². The molecule has 25 heavy (non-hydrogen) atoms.